The van der Waals surface area contributed by atoms with E-state index >= 15 is 0 Å². The first-order chi connectivity index (χ1) is 12.3. The second kappa shape index (κ2) is 10.3. The normalized spacial score (nSPS) is 14.7. The van der Waals surface area contributed by atoms with Crippen molar-refractivity contribution >= 4 is 17.4 Å². The molecule has 0 N–H and O–H groups in total. The number of hydrogen-bond donors (Lipinski definition) is 0. The fraction of sp³-hybridized carbons (Fsp3) is 0.565. The van der Waals surface area contributed by atoms with Crippen LogP contribution in [0.15, 0.2) is 36.4 Å². The minimum absolute atomic E-state index is 0.0704. The Hall–Kier alpha value is -1.90. The van der Waals surface area contributed by atoms with E-state index in [2.05, 4.69) is 27.4 Å². The van der Waals surface area contributed by atoms with Crippen molar-refractivity contribution in [2.45, 2.75) is 73.1 Å². The van der Waals surface area contributed by atoms with Crippen molar-refractivity contribution in [1.82, 2.24) is 0 Å². The molecule has 1 saturated heterocycles. The summed E-state index contributed by atoms with van der Waals surface area (Å²) in [5.74, 6) is 0.237. The quantitative estimate of drug-likeness (QED) is 0.346. The first-order valence-corrected chi connectivity index (χ1v) is 9.86. The highest BCUT2D eigenvalue weighted by Crippen LogP contribution is 2.25. The van der Waals surface area contributed by atoms with E-state index in [4.69, 9.17) is 0 Å². The number of anilines is 1. The second-order valence-corrected chi connectivity index (χ2v) is 7.96. The van der Waals surface area contributed by atoms with Crippen LogP contribution in [0.2, 0.25) is 0 Å². The molecule has 1 amide bonds. The zero-order chi connectivity index (χ0) is 19.7. The molecule has 1 aromatic carbocycles. The maximum absolute atomic E-state index is 12.4. The smallest absolute Gasteiger partial charge is 0.231 e. The summed E-state index contributed by atoms with van der Waals surface area (Å²) in [4.78, 5) is 26.4. The number of benzene rings is 1. The van der Waals surface area contributed by atoms with Crippen molar-refractivity contribution in [3.63, 3.8) is 0 Å². The van der Waals surface area contributed by atoms with E-state index < -0.39 is 0 Å². The van der Waals surface area contributed by atoms with Gasteiger partial charge in [0.25, 0.3) is 0 Å². The molecule has 1 aromatic rings. The first kappa shape index (κ1) is 22.1. The van der Waals surface area contributed by atoms with Gasteiger partial charge in [-0.2, -0.15) is 0 Å². The van der Waals surface area contributed by atoms with Crippen LogP contribution in [0.1, 0.15) is 83.5 Å². The van der Waals surface area contributed by atoms with Crippen LogP contribution in [0.3, 0.4) is 0 Å². The van der Waals surface area contributed by atoms with Crippen LogP contribution >= 0.6 is 0 Å². The van der Waals surface area contributed by atoms with Crippen LogP contribution < -0.4 is 4.90 Å². The van der Waals surface area contributed by atoms with Gasteiger partial charge in [0.2, 0.25) is 5.91 Å². The molecule has 0 saturated carbocycles. The molecule has 144 valence electrons. The predicted molar refractivity (Wildman–Crippen MR) is 111 cm³/mol. The minimum Gasteiger partial charge on any atom is -0.312 e. The molecule has 26 heavy (non-hydrogen) atoms. The van der Waals surface area contributed by atoms with E-state index in [9.17, 15) is 9.59 Å². The molecule has 1 fully saturated rings. The number of amides is 1. The Morgan fingerprint density at radius 2 is 1.88 bits per heavy atom. The molecule has 1 aliphatic rings. The summed E-state index contributed by atoms with van der Waals surface area (Å²) in [6.45, 7) is 15.2. The van der Waals surface area contributed by atoms with Gasteiger partial charge >= 0.3 is 0 Å². The van der Waals surface area contributed by atoms with E-state index in [0.29, 0.717) is 30.4 Å². The van der Waals surface area contributed by atoms with Gasteiger partial charge in [-0.15, -0.1) is 0 Å². The largest absolute Gasteiger partial charge is 0.312 e. The molecule has 1 heterocycles. The van der Waals surface area contributed by atoms with Crippen LogP contribution in [-0.2, 0) is 4.79 Å². The number of carbonyl (C=O) groups excluding carboxylic acids is 2. The number of piperidine rings is 1. The Morgan fingerprint density at radius 1 is 1.19 bits per heavy atom. The van der Waals surface area contributed by atoms with Crippen molar-refractivity contribution in [2.75, 3.05) is 11.4 Å². The Kier molecular flexibility index (Phi) is 8.77. The lowest BCUT2D eigenvalue weighted by atomic mass is 9.89. The number of carbonyl (C=O) groups is 2. The van der Waals surface area contributed by atoms with E-state index in [1.165, 1.54) is 0 Å². The molecule has 1 aliphatic heterocycles. The topological polar surface area (TPSA) is 37.4 Å². The third kappa shape index (κ3) is 7.15. The molecule has 3 nitrogen and oxygen atoms in total. The molecule has 3 heteroatoms. The number of nitrogens with zero attached hydrogens (tertiary/aromatic N) is 1. The fourth-order valence-corrected chi connectivity index (χ4v) is 3.00. The third-order valence-corrected chi connectivity index (χ3v) is 4.45. The van der Waals surface area contributed by atoms with Crippen LogP contribution in [0, 0.1) is 5.41 Å². The van der Waals surface area contributed by atoms with Gasteiger partial charge in [0.1, 0.15) is 0 Å². The lowest BCUT2D eigenvalue weighted by Crippen LogP contribution is -2.36. The monoisotopic (exact) mass is 357 g/mol. The predicted octanol–water partition coefficient (Wildman–Crippen LogP) is 6.19. The highest BCUT2D eigenvalue weighted by molar-refractivity contribution is 6.00. The average Bonchev–Trinajstić information content (AvgIpc) is 2.59. The van der Waals surface area contributed by atoms with Gasteiger partial charge in [0.05, 0.1) is 0 Å². The Labute approximate surface area is 159 Å². The number of Topliss-reactive ketones (excluding diaryl/α,β-unsaturated/α-hetero) is 1. The molecule has 0 aromatic heterocycles. The summed E-state index contributed by atoms with van der Waals surface area (Å²) in [7, 11) is 0. The van der Waals surface area contributed by atoms with Crippen LogP contribution in [0.25, 0.3) is 0 Å². The molecule has 0 spiro atoms. The van der Waals surface area contributed by atoms with Crippen LogP contribution in [-0.4, -0.2) is 18.2 Å². The lowest BCUT2D eigenvalue weighted by Gasteiger charge is -2.28. The minimum atomic E-state index is 0.0704. The van der Waals surface area contributed by atoms with E-state index in [1.54, 1.807) is 4.90 Å². The Bertz CT molecular complexity index is 625. The van der Waals surface area contributed by atoms with Crippen molar-refractivity contribution in [1.29, 1.82) is 0 Å². The highest BCUT2D eigenvalue weighted by atomic mass is 16.2. The van der Waals surface area contributed by atoms with Gasteiger partial charge < -0.3 is 4.90 Å². The number of ketones is 1. The molecular formula is C23H35NO2. The standard InChI is InChI=1S/C21H29NO2.C2H6/c1-16-11-13-22(20(24)14-16)18-9-7-8-17(15-18)19(23)10-5-6-12-21(2,3)4;1-2/h7-9,15H,1,5-6,10-14H2,2-4H3;1-2H3. The van der Waals surface area contributed by atoms with Gasteiger partial charge in [0.15, 0.2) is 5.78 Å². The first-order valence-electron chi connectivity index (χ1n) is 9.86. The molecular weight excluding hydrogens is 322 g/mol. The van der Waals surface area contributed by atoms with Crippen LogP contribution in [0.5, 0.6) is 0 Å². The van der Waals surface area contributed by atoms with Crippen molar-refractivity contribution < 1.29 is 9.59 Å². The van der Waals surface area contributed by atoms with Gasteiger partial charge in [-0.05, 0) is 36.8 Å². The maximum atomic E-state index is 12.4. The van der Waals surface area contributed by atoms with Crippen molar-refractivity contribution in [3.05, 3.63) is 42.0 Å². The van der Waals surface area contributed by atoms with Gasteiger partial charge in [-0.25, -0.2) is 0 Å². The Morgan fingerprint density at radius 3 is 2.50 bits per heavy atom. The highest BCUT2D eigenvalue weighted by Gasteiger charge is 2.22. The van der Waals surface area contributed by atoms with Gasteiger partial charge in [-0.3, -0.25) is 9.59 Å². The summed E-state index contributed by atoms with van der Waals surface area (Å²) < 4.78 is 0. The van der Waals surface area contributed by atoms with E-state index in [-0.39, 0.29) is 11.7 Å². The average molecular weight is 358 g/mol. The van der Waals surface area contributed by atoms with E-state index in [0.717, 1.165) is 36.9 Å². The number of hydrogen-bond acceptors (Lipinski definition) is 2. The number of unbranched alkanes of at least 4 members (excludes halogenated alkanes) is 1. The van der Waals surface area contributed by atoms with Gasteiger partial charge in [0, 0.05) is 30.6 Å². The zero-order valence-corrected chi connectivity index (χ0v) is 17.2. The summed E-state index contributed by atoms with van der Waals surface area (Å²) in [5.41, 5.74) is 2.84. The second-order valence-electron chi connectivity index (χ2n) is 7.96. The molecule has 0 bridgehead atoms. The lowest BCUT2D eigenvalue weighted by molar-refractivity contribution is -0.118. The molecule has 0 radical (unpaired) electrons. The SMILES string of the molecule is C=C1CCN(c2cccc(C(=O)CCCCC(C)(C)C)c2)C(=O)C1.CC. The summed E-state index contributed by atoms with van der Waals surface area (Å²) in [5, 5.41) is 0. The zero-order valence-electron chi connectivity index (χ0n) is 17.2. The van der Waals surface area contributed by atoms with Crippen LogP contribution in [0.4, 0.5) is 5.69 Å². The Balaban J connectivity index is 0.00000163. The third-order valence-electron chi connectivity index (χ3n) is 4.45. The van der Waals surface area contributed by atoms with E-state index in [1.807, 2.05) is 38.1 Å². The number of rotatable bonds is 6. The molecule has 2 rings (SSSR count). The van der Waals surface area contributed by atoms with Crippen molar-refractivity contribution in [3.8, 4) is 0 Å². The van der Waals surface area contributed by atoms with Crippen molar-refractivity contribution in [2.24, 2.45) is 5.41 Å². The summed E-state index contributed by atoms with van der Waals surface area (Å²) >= 11 is 0. The fourth-order valence-electron chi connectivity index (χ4n) is 3.00. The summed E-state index contributed by atoms with van der Waals surface area (Å²) in [6.07, 6.45) is 4.93. The summed E-state index contributed by atoms with van der Waals surface area (Å²) in [6, 6.07) is 7.48. The molecule has 0 atom stereocenters. The molecule has 0 unspecified atom stereocenters. The van der Waals surface area contributed by atoms with Gasteiger partial charge in [-0.1, -0.05) is 65.3 Å². The maximum Gasteiger partial charge on any atom is 0.231 e. The molecule has 0 aliphatic carbocycles.